The van der Waals surface area contributed by atoms with E-state index in [4.69, 9.17) is 4.74 Å². The molecule has 0 aliphatic carbocycles. The zero-order chi connectivity index (χ0) is 14.4. The van der Waals surface area contributed by atoms with E-state index in [1.54, 1.807) is 0 Å². The van der Waals surface area contributed by atoms with E-state index in [2.05, 4.69) is 10.6 Å². The molecule has 0 radical (unpaired) electrons. The highest BCUT2D eigenvalue weighted by atomic mass is 19.1. The molecule has 6 heteroatoms. The van der Waals surface area contributed by atoms with Crippen LogP contribution in [0.3, 0.4) is 0 Å². The molecular formula is C14H18F2N2O2. The highest BCUT2D eigenvalue weighted by Gasteiger charge is 2.15. The summed E-state index contributed by atoms with van der Waals surface area (Å²) in [5, 5.41) is 5.16. The van der Waals surface area contributed by atoms with Gasteiger partial charge >= 0.3 is 6.03 Å². The second-order valence-electron chi connectivity index (χ2n) is 4.77. The van der Waals surface area contributed by atoms with E-state index in [0.29, 0.717) is 6.54 Å². The van der Waals surface area contributed by atoms with E-state index >= 15 is 0 Å². The van der Waals surface area contributed by atoms with Gasteiger partial charge in [-0.05, 0) is 37.5 Å². The zero-order valence-electron chi connectivity index (χ0n) is 11.1. The van der Waals surface area contributed by atoms with Gasteiger partial charge in [0.1, 0.15) is 11.6 Å². The van der Waals surface area contributed by atoms with Crippen LogP contribution < -0.4 is 10.6 Å². The molecule has 110 valence electrons. The first-order valence-corrected chi connectivity index (χ1v) is 6.72. The number of hydrogen-bond acceptors (Lipinski definition) is 2. The van der Waals surface area contributed by atoms with Crippen molar-refractivity contribution < 1.29 is 18.3 Å². The Balaban J connectivity index is 1.67. The van der Waals surface area contributed by atoms with Crippen molar-refractivity contribution in [1.82, 2.24) is 10.6 Å². The lowest BCUT2D eigenvalue weighted by Gasteiger charge is -2.11. The molecule has 2 N–H and O–H groups in total. The van der Waals surface area contributed by atoms with Crippen LogP contribution in [-0.4, -0.2) is 25.3 Å². The summed E-state index contributed by atoms with van der Waals surface area (Å²) in [5.41, 5.74) is 0.124. The van der Waals surface area contributed by atoms with E-state index in [1.807, 2.05) is 0 Å². The summed E-state index contributed by atoms with van der Waals surface area (Å²) in [5.74, 6) is -1.06. The predicted molar refractivity (Wildman–Crippen MR) is 70.2 cm³/mol. The fourth-order valence-corrected chi connectivity index (χ4v) is 2.14. The molecular weight excluding hydrogens is 266 g/mol. The number of amides is 2. The van der Waals surface area contributed by atoms with Crippen molar-refractivity contribution in [3.8, 4) is 0 Å². The van der Waals surface area contributed by atoms with Crippen LogP contribution in [0.4, 0.5) is 13.6 Å². The summed E-state index contributed by atoms with van der Waals surface area (Å²) in [6.07, 6.45) is 3.07. The number of nitrogens with one attached hydrogen (secondary N) is 2. The standard InChI is InChI=1S/C14H18F2N2O2/c15-11-3-4-13(16)10(8-11)9-18-14(19)17-6-5-12-2-1-7-20-12/h3-4,8,12H,1-2,5-7,9H2,(H2,17,18,19)/t12-/m1/s1. The third-order valence-electron chi connectivity index (χ3n) is 3.22. The Morgan fingerprint density at radius 1 is 1.35 bits per heavy atom. The summed E-state index contributed by atoms with van der Waals surface area (Å²) < 4.78 is 31.7. The topological polar surface area (TPSA) is 50.4 Å². The van der Waals surface area contributed by atoms with Gasteiger partial charge in [0.15, 0.2) is 0 Å². The first kappa shape index (κ1) is 14.7. The van der Waals surface area contributed by atoms with Crippen LogP contribution >= 0.6 is 0 Å². The van der Waals surface area contributed by atoms with Crippen LogP contribution in [0.2, 0.25) is 0 Å². The molecule has 1 aromatic carbocycles. The fraction of sp³-hybridized carbons (Fsp3) is 0.500. The fourth-order valence-electron chi connectivity index (χ4n) is 2.14. The van der Waals surface area contributed by atoms with Crippen molar-refractivity contribution >= 4 is 6.03 Å². The molecule has 0 saturated carbocycles. The highest BCUT2D eigenvalue weighted by molar-refractivity contribution is 5.73. The van der Waals surface area contributed by atoms with Gasteiger partial charge in [-0.25, -0.2) is 13.6 Å². The van der Waals surface area contributed by atoms with Gasteiger partial charge in [0.2, 0.25) is 0 Å². The summed E-state index contributed by atoms with van der Waals surface area (Å²) in [7, 11) is 0. The third-order valence-corrected chi connectivity index (χ3v) is 3.22. The molecule has 1 aromatic rings. The first-order valence-electron chi connectivity index (χ1n) is 6.72. The van der Waals surface area contributed by atoms with Gasteiger partial charge in [-0.3, -0.25) is 0 Å². The van der Waals surface area contributed by atoms with Gasteiger partial charge in [-0.1, -0.05) is 0 Å². The quantitative estimate of drug-likeness (QED) is 0.872. The molecule has 2 amide bonds. The lowest BCUT2D eigenvalue weighted by molar-refractivity contribution is 0.104. The van der Waals surface area contributed by atoms with Crippen molar-refractivity contribution in [2.75, 3.05) is 13.2 Å². The normalized spacial score (nSPS) is 18.0. The lowest BCUT2D eigenvalue weighted by atomic mass is 10.2. The second-order valence-corrected chi connectivity index (χ2v) is 4.77. The Hall–Kier alpha value is -1.69. The second kappa shape index (κ2) is 7.19. The van der Waals surface area contributed by atoms with Gasteiger partial charge < -0.3 is 15.4 Å². The average Bonchev–Trinajstić information content (AvgIpc) is 2.93. The van der Waals surface area contributed by atoms with Crippen LogP contribution in [0, 0.1) is 11.6 Å². The summed E-state index contributed by atoms with van der Waals surface area (Å²) in [4.78, 5) is 11.5. The number of halogens is 2. The number of carbonyl (C=O) groups is 1. The van der Waals surface area contributed by atoms with Crippen LogP contribution in [0.15, 0.2) is 18.2 Å². The molecule has 0 aromatic heterocycles. The number of urea groups is 1. The van der Waals surface area contributed by atoms with Gasteiger partial charge in [0, 0.05) is 25.3 Å². The largest absolute Gasteiger partial charge is 0.378 e. The van der Waals surface area contributed by atoms with Crippen LogP contribution in [0.1, 0.15) is 24.8 Å². The van der Waals surface area contributed by atoms with Gasteiger partial charge in [0.05, 0.1) is 6.10 Å². The van der Waals surface area contributed by atoms with E-state index in [-0.39, 0.29) is 18.2 Å². The monoisotopic (exact) mass is 284 g/mol. The van der Waals surface area contributed by atoms with E-state index < -0.39 is 17.7 Å². The third kappa shape index (κ3) is 4.45. The van der Waals surface area contributed by atoms with Crippen molar-refractivity contribution in [1.29, 1.82) is 0 Å². The van der Waals surface area contributed by atoms with Crippen LogP contribution in [0.5, 0.6) is 0 Å². The predicted octanol–water partition coefficient (Wildman–Crippen LogP) is 2.33. The van der Waals surface area contributed by atoms with Crippen LogP contribution in [-0.2, 0) is 11.3 Å². The minimum absolute atomic E-state index is 0.0463. The smallest absolute Gasteiger partial charge is 0.315 e. The Bertz CT molecular complexity index is 462. The number of benzene rings is 1. The Kier molecular flexibility index (Phi) is 5.29. The van der Waals surface area contributed by atoms with Gasteiger partial charge in [0.25, 0.3) is 0 Å². The van der Waals surface area contributed by atoms with Gasteiger partial charge in [-0.15, -0.1) is 0 Å². The molecule has 0 bridgehead atoms. The number of carbonyl (C=O) groups excluding carboxylic acids is 1. The molecule has 4 nitrogen and oxygen atoms in total. The van der Waals surface area contributed by atoms with E-state index in [0.717, 1.165) is 44.1 Å². The van der Waals surface area contributed by atoms with E-state index in [9.17, 15) is 13.6 Å². The maximum absolute atomic E-state index is 13.3. The van der Waals surface area contributed by atoms with Crippen molar-refractivity contribution in [2.24, 2.45) is 0 Å². The Morgan fingerprint density at radius 2 is 2.20 bits per heavy atom. The minimum Gasteiger partial charge on any atom is -0.378 e. The molecule has 1 fully saturated rings. The SMILES string of the molecule is O=C(NCC[C@H]1CCCO1)NCc1cc(F)ccc1F. The maximum Gasteiger partial charge on any atom is 0.315 e. The van der Waals surface area contributed by atoms with Crippen molar-refractivity contribution in [3.05, 3.63) is 35.4 Å². The van der Waals surface area contributed by atoms with Crippen LogP contribution in [0.25, 0.3) is 0 Å². The van der Waals surface area contributed by atoms with Gasteiger partial charge in [-0.2, -0.15) is 0 Å². The Labute approximate surface area is 116 Å². The minimum atomic E-state index is -0.536. The number of hydrogen-bond donors (Lipinski definition) is 2. The highest BCUT2D eigenvalue weighted by Crippen LogP contribution is 2.14. The molecule has 0 spiro atoms. The lowest BCUT2D eigenvalue weighted by Crippen LogP contribution is -2.36. The average molecular weight is 284 g/mol. The van der Waals surface area contributed by atoms with E-state index in [1.165, 1.54) is 0 Å². The molecule has 1 aliphatic heterocycles. The summed E-state index contributed by atoms with van der Waals surface area (Å²) in [6.45, 7) is 1.24. The number of ether oxygens (including phenoxy) is 1. The molecule has 2 rings (SSSR count). The maximum atomic E-state index is 13.3. The molecule has 1 aliphatic rings. The molecule has 1 saturated heterocycles. The van der Waals surface area contributed by atoms with Crippen molar-refractivity contribution in [3.63, 3.8) is 0 Å². The summed E-state index contributed by atoms with van der Waals surface area (Å²) in [6, 6.07) is 2.76. The number of rotatable bonds is 5. The zero-order valence-corrected chi connectivity index (χ0v) is 11.1. The molecule has 0 unspecified atom stereocenters. The molecule has 1 heterocycles. The Morgan fingerprint density at radius 3 is 2.95 bits per heavy atom. The summed E-state index contributed by atoms with van der Waals surface area (Å²) >= 11 is 0. The molecule has 20 heavy (non-hydrogen) atoms. The first-order chi connectivity index (χ1) is 9.65. The molecule has 1 atom stereocenters. The van der Waals surface area contributed by atoms with Crippen molar-refractivity contribution in [2.45, 2.75) is 31.9 Å².